The molecule has 2 aromatic carbocycles. The summed E-state index contributed by atoms with van der Waals surface area (Å²) in [4.78, 5) is 16.9. The topological polar surface area (TPSA) is 77.1 Å². The minimum atomic E-state index is -1.40. The molecule has 2 aliphatic heterocycles. The van der Waals surface area contributed by atoms with Gasteiger partial charge in [-0.05, 0) is 47.3 Å². The molecule has 1 fully saturated rings. The lowest BCUT2D eigenvalue weighted by Gasteiger charge is -2.35. The normalized spacial score (nSPS) is 22.3. The van der Waals surface area contributed by atoms with Gasteiger partial charge in [0.1, 0.15) is 11.8 Å². The summed E-state index contributed by atoms with van der Waals surface area (Å²) < 4.78 is 5.24. The number of rotatable bonds is 4. The summed E-state index contributed by atoms with van der Waals surface area (Å²) in [7, 11) is 1.58. The molecule has 5 nitrogen and oxygen atoms in total. The third-order valence-electron chi connectivity index (χ3n) is 6.41. The quantitative estimate of drug-likeness (QED) is 0.535. The van der Waals surface area contributed by atoms with E-state index in [0.29, 0.717) is 11.3 Å². The fourth-order valence-corrected chi connectivity index (χ4v) is 5.87. The fourth-order valence-electron chi connectivity index (χ4n) is 4.94. The van der Waals surface area contributed by atoms with E-state index in [1.54, 1.807) is 31.4 Å². The SMILES string of the molecule is COc1ccc(C(=O)[C@@H]2[C@@H](c3cccs3)C(C#N)(C#N)[C@H]3C=Cc4ccccc4N23)cc1. The molecule has 0 saturated carbocycles. The summed E-state index contributed by atoms with van der Waals surface area (Å²) in [6.45, 7) is 0. The Hall–Kier alpha value is -3.87. The predicted octanol–water partition coefficient (Wildman–Crippen LogP) is 5.04. The highest BCUT2D eigenvalue weighted by atomic mass is 32.1. The van der Waals surface area contributed by atoms with Crippen molar-refractivity contribution >= 4 is 28.9 Å². The number of fused-ring (bicyclic) bond motifs is 3. The number of hydrogen-bond donors (Lipinski definition) is 0. The van der Waals surface area contributed by atoms with Crippen LogP contribution < -0.4 is 9.64 Å². The number of ketones is 1. The Labute approximate surface area is 190 Å². The second-order valence-electron chi connectivity index (χ2n) is 7.89. The zero-order valence-corrected chi connectivity index (χ0v) is 18.1. The van der Waals surface area contributed by atoms with Crippen molar-refractivity contribution in [3.05, 3.63) is 88.1 Å². The summed E-state index contributed by atoms with van der Waals surface area (Å²) in [6.07, 6.45) is 3.85. The first kappa shape index (κ1) is 20.1. The zero-order chi connectivity index (χ0) is 22.3. The van der Waals surface area contributed by atoms with Gasteiger partial charge in [-0.25, -0.2) is 0 Å². The Morgan fingerprint density at radius 3 is 2.47 bits per heavy atom. The maximum absolute atomic E-state index is 14.0. The molecular formula is C26H19N3O2S. The van der Waals surface area contributed by atoms with Crippen LogP contribution in [-0.4, -0.2) is 25.0 Å². The summed E-state index contributed by atoms with van der Waals surface area (Å²) in [5.41, 5.74) is 0.949. The lowest BCUT2D eigenvalue weighted by Crippen LogP contribution is -2.44. The van der Waals surface area contributed by atoms with Gasteiger partial charge < -0.3 is 9.64 Å². The number of nitrogens with zero attached hydrogens (tertiary/aromatic N) is 3. The second-order valence-corrected chi connectivity index (χ2v) is 8.87. The first-order valence-electron chi connectivity index (χ1n) is 10.2. The molecule has 32 heavy (non-hydrogen) atoms. The number of ether oxygens (including phenoxy) is 1. The summed E-state index contributed by atoms with van der Waals surface area (Å²) in [5.74, 6) is -0.0447. The fraction of sp³-hybridized carbons (Fsp3) is 0.192. The number of benzene rings is 2. The number of carbonyl (C=O) groups is 1. The Balaban J connectivity index is 1.74. The second kappa shape index (κ2) is 7.67. The molecule has 156 valence electrons. The summed E-state index contributed by atoms with van der Waals surface area (Å²) in [6, 6.07) is 22.0. The molecule has 3 atom stereocenters. The lowest BCUT2D eigenvalue weighted by atomic mass is 9.71. The average Bonchev–Trinajstić information content (AvgIpc) is 3.48. The summed E-state index contributed by atoms with van der Waals surface area (Å²) in [5, 5.41) is 22.6. The number of hydrogen-bond acceptors (Lipinski definition) is 6. The molecule has 0 bridgehead atoms. The number of para-hydroxylation sites is 1. The monoisotopic (exact) mass is 437 g/mol. The molecular weight excluding hydrogens is 418 g/mol. The number of carbonyl (C=O) groups excluding carboxylic acids is 1. The number of methoxy groups -OCH3 is 1. The van der Waals surface area contributed by atoms with Crippen LogP contribution in [0.15, 0.2) is 72.1 Å². The number of nitriles is 2. The molecule has 6 heteroatoms. The molecule has 0 radical (unpaired) electrons. The first-order chi connectivity index (χ1) is 15.6. The van der Waals surface area contributed by atoms with Crippen molar-refractivity contribution in [1.82, 2.24) is 0 Å². The maximum Gasteiger partial charge on any atom is 0.186 e. The van der Waals surface area contributed by atoms with E-state index >= 15 is 0 Å². The van der Waals surface area contributed by atoms with Crippen molar-refractivity contribution in [3.8, 4) is 17.9 Å². The Morgan fingerprint density at radius 2 is 1.81 bits per heavy atom. The molecule has 2 aliphatic rings. The van der Waals surface area contributed by atoms with Gasteiger partial charge in [0.25, 0.3) is 0 Å². The van der Waals surface area contributed by atoms with Crippen LogP contribution >= 0.6 is 11.3 Å². The Kier molecular flexibility index (Phi) is 4.81. The maximum atomic E-state index is 14.0. The molecule has 0 N–H and O–H groups in total. The van der Waals surface area contributed by atoms with Crippen molar-refractivity contribution in [2.75, 3.05) is 12.0 Å². The Bertz CT molecular complexity index is 1270. The number of anilines is 1. The van der Waals surface area contributed by atoms with E-state index in [-0.39, 0.29) is 5.78 Å². The van der Waals surface area contributed by atoms with E-state index in [1.807, 2.05) is 58.8 Å². The van der Waals surface area contributed by atoms with Crippen LogP contribution in [0.5, 0.6) is 5.75 Å². The highest BCUT2D eigenvalue weighted by Crippen LogP contribution is 2.56. The van der Waals surface area contributed by atoms with Crippen LogP contribution in [0, 0.1) is 28.1 Å². The number of thiophene rings is 1. The first-order valence-corrected chi connectivity index (χ1v) is 11.1. The van der Waals surface area contributed by atoms with Gasteiger partial charge in [-0.3, -0.25) is 4.79 Å². The lowest BCUT2D eigenvalue weighted by molar-refractivity contribution is 0.0951. The van der Waals surface area contributed by atoms with Gasteiger partial charge in [0.15, 0.2) is 11.2 Å². The van der Waals surface area contributed by atoms with Crippen LogP contribution in [0.2, 0.25) is 0 Å². The molecule has 0 aliphatic carbocycles. The van der Waals surface area contributed by atoms with Gasteiger partial charge in [0.05, 0.1) is 31.2 Å². The molecule has 0 unspecified atom stereocenters. The smallest absolute Gasteiger partial charge is 0.186 e. The van der Waals surface area contributed by atoms with Crippen LogP contribution in [-0.2, 0) is 0 Å². The van der Waals surface area contributed by atoms with Crippen LogP contribution in [0.3, 0.4) is 0 Å². The minimum absolute atomic E-state index is 0.117. The molecule has 0 amide bonds. The highest BCUT2D eigenvalue weighted by Gasteiger charge is 2.63. The van der Waals surface area contributed by atoms with E-state index in [4.69, 9.17) is 4.74 Å². The molecule has 3 aromatic rings. The Morgan fingerprint density at radius 1 is 1.06 bits per heavy atom. The van der Waals surface area contributed by atoms with E-state index in [1.165, 1.54) is 11.3 Å². The third-order valence-corrected chi connectivity index (χ3v) is 7.36. The van der Waals surface area contributed by atoms with Crippen LogP contribution in [0.4, 0.5) is 5.69 Å². The van der Waals surface area contributed by atoms with Gasteiger partial charge in [-0.1, -0.05) is 36.4 Å². The standard InChI is InChI=1S/C26H19N3O2S/c1-31-19-11-8-18(9-12-19)25(30)24-23(21-7-4-14-32-21)26(15-27,16-28)22-13-10-17-5-2-3-6-20(17)29(22)24/h2-14,22-24H,1H3/t22-,23-,24+/m1/s1. The largest absolute Gasteiger partial charge is 0.497 e. The molecule has 1 saturated heterocycles. The van der Waals surface area contributed by atoms with Crippen molar-refractivity contribution in [2.24, 2.45) is 5.41 Å². The van der Waals surface area contributed by atoms with Gasteiger partial charge in [-0.15, -0.1) is 11.3 Å². The van der Waals surface area contributed by atoms with Crippen molar-refractivity contribution in [2.45, 2.75) is 18.0 Å². The zero-order valence-electron chi connectivity index (χ0n) is 17.3. The minimum Gasteiger partial charge on any atom is -0.497 e. The molecule has 1 aromatic heterocycles. The van der Waals surface area contributed by atoms with Gasteiger partial charge >= 0.3 is 0 Å². The third kappa shape index (κ3) is 2.77. The van der Waals surface area contributed by atoms with E-state index in [0.717, 1.165) is 16.1 Å². The van der Waals surface area contributed by atoms with Crippen LogP contribution in [0.1, 0.15) is 26.7 Å². The van der Waals surface area contributed by atoms with Gasteiger partial charge in [0, 0.05) is 16.1 Å². The number of Topliss-reactive ketones (excluding diaryl/α,β-unsaturated/α-hetero) is 1. The summed E-state index contributed by atoms with van der Waals surface area (Å²) >= 11 is 1.48. The van der Waals surface area contributed by atoms with Crippen molar-refractivity contribution in [3.63, 3.8) is 0 Å². The predicted molar refractivity (Wildman–Crippen MR) is 124 cm³/mol. The van der Waals surface area contributed by atoms with E-state index in [2.05, 4.69) is 12.1 Å². The van der Waals surface area contributed by atoms with E-state index < -0.39 is 23.4 Å². The van der Waals surface area contributed by atoms with Crippen LogP contribution in [0.25, 0.3) is 6.08 Å². The molecule has 3 heterocycles. The molecule has 5 rings (SSSR count). The van der Waals surface area contributed by atoms with Crippen molar-refractivity contribution < 1.29 is 9.53 Å². The van der Waals surface area contributed by atoms with E-state index in [9.17, 15) is 15.3 Å². The molecule has 0 spiro atoms. The van der Waals surface area contributed by atoms with Gasteiger partial charge in [-0.2, -0.15) is 10.5 Å². The highest BCUT2D eigenvalue weighted by molar-refractivity contribution is 7.10. The average molecular weight is 438 g/mol. The van der Waals surface area contributed by atoms with Gasteiger partial charge in [0.2, 0.25) is 0 Å². The van der Waals surface area contributed by atoms with Crippen molar-refractivity contribution in [1.29, 1.82) is 10.5 Å².